The van der Waals surface area contributed by atoms with E-state index < -0.39 is 11.6 Å². The predicted molar refractivity (Wildman–Crippen MR) is 119 cm³/mol. The second-order valence-electron chi connectivity index (χ2n) is 7.40. The minimum atomic E-state index is -0.671. The summed E-state index contributed by atoms with van der Waals surface area (Å²) < 4.78 is 33.0. The highest BCUT2D eigenvalue weighted by molar-refractivity contribution is 5.91. The number of benzene rings is 1. The van der Waals surface area contributed by atoms with Gasteiger partial charge in [-0.3, -0.25) is 9.97 Å². The van der Waals surface area contributed by atoms with E-state index in [2.05, 4.69) is 24.8 Å². The Hall–Kier alpha value is -3.52. The lowest BCUT2D eigenvalue weighted by Gasteiger charge is -2.28. The quantitative estimate of drug-likeness (QED) is 0.462. The van der Waals surface area contributed by atoms with Gasteiger partial charge in [-0.05, 0) is 38.1 Å². The van der Waals surface area contributed by atoms with E-state index in [1.807, 2.05) is 38.1 Å². The Bertz CT molecular complexity index is 1210. The second-order valence-corrected chi connectivity index (χ2v) is 7.40. The molecule has 4 aromatic rings. The number of nitrogens with zero attached hydrogens (tertiary/aromatic N) is 5. The van der Waals surface area contributed by atoms with Crippen LogP contribution in [0.4, 0.5) is 14.6 Å². The summed E-state index contributed by atoms with van der Waals surface area (Å²) in [6.45, 7) is 6.44. The summed E-state index contributed by atoms with van der Waals surface area (Å²) in [5.41, 5.74) is 3.53. The number of ether oxygens (including phenoxy) is 1. The molecular formula is C24H23F2N5O. The Kier molecular flexibility index (Phi) is 6.61. The minimum absolute atomic E-state index is 0.208. The maximum absolute atomic E-state index is 14.4. The topological polar surface area (TPSA) is 64.0 Å². The highest BCUT2D eigenvalue weighted by atomic mass is 19.1. The molecule has 0 aliphatic carbocycles. The van der Waals surface area contributed by atoms with Gasteiger partial charge in [-0.25, -0.2) is 18.7 Å². The summed E-state index contributed by atoms with van der Waals surface area (Å²) in [6.07, 6.45) is 3.40. The smallest absolute Gasteiger partial charge is 0.135 e. The summed E-state index contributed by atoms with van der Waals surface area (Å²) in [7, 11) is 0. The molecule has 164 valence electrons. The van der Waals surface area contributed by atoms with Crippen molar-refractivity contribution in [3.8, 4) is 11.3 Å². The Morgan fingerprint density at radius 3 is 2.38 bits per heavy atom. The third-order valence-electron chi connectivity index (χ3n) is 4.97. The molecule has 32 heavy (non-hydrogen) atoms. The fourth-order valence-corrected chi connectivity index (χ4v) is 3.37. The van der Waals surface area contributed by atoms with Crippen molar-refractivity contribution in [2.24, 2.45) is 0 Å². The van der Waals surface area contributed by atoms with Crippen LogP contribution >= 0.6 is 0 Å². The number of fused-ring (bicyclic) bond motifs is 1. The zero-order valence-electron chi connectivity index (χ0n) is 17.9. The molecule has 1 fully saturated rings. The second kappa shape index (κ2) is 9.74. The molecular weight excluding hydrogens is 412 g/mol. The summed E-state index contributed by atoms with van der Waals surface area (Å²) in [4.78, 5) is 19.6. The minimum Gasteiger partial charge on any atom is -0.378 e. The number of hydrogen-bond acceptors (Lipinski definition) is 6. The van der Waals surface area contributed by atoms with E-state index in [0.29, 0.717) is 48.8 Å². The number of aromatic nitrogens is 4. The van der Waals surface area contributed by atoms with Crippen LogP contribution in [0, 0.1) is 25.5 Å². The Morgan fingerprint density at radius 2 is 1.72 bits per heavy atom. The van der Waals surface area contributed by atoms with Crippen LogP contribution in [0.2, 0.25) is 0 Å². The molecule has 1 saturated heterocycles. The van der Waals surface area contributed by atoms with Crippen LogP contribution in [0.25, 0.3) is 22.3 Å². The lowest BCUT2D eigenvalue weighted by molar-refractivity contribution is 0.122. The zero-order valence-corrected chi connectivity index (χ0v) is 17.9. The van der Waals surface area contributed by atoms with Crippen molar-refractivity contribution in [3.05, 3.63) is 77.9 Å². The van der Waals surface area contributed by atoms with Crippen LogP contribution in [0.15, 0.2) is 54.9 Å². The van der Waals surface area contributed by atoms with E-state index in [1.54, 1.807) is 12.4 Å². The predicted octanol–water partition coefficient (Wildman–Crippen LogP) is 4.51. The first-order valence-corrected chi connectivity index (χ1v) is 10.3. The fourth-order valence-electron chi connectivity index (χ4n) is 3.37. The molecule has 0 unspecified atom stereocenters. The molecule has 5 rings (SSSR count). The van der Waals surface area contributed by atoms with Gasteiger partial charge in [0.15, 0.2) is 0 Å². The standard InChI is InChI=1S/C18H16F2N4O.C6H7N/c1-11-10-21-18-15(22-11)9-16(24-4-6-25-7-5-24)23-17(18)13-3-2-12(19)8-14(13)20;1-6-4-2-3-5-7-6/h2-3,8-10H,4-7H2,1H3;2-5H,1H3. The Labute approximate surface area is 184 Å². The van der Waals surface area contributed by atoms with Gasteiger partial charge in [0.25, 0.3) is 0 Å². The molecule has 1 aromatic carbocycles. The third-order valence-corrected chi connectivity index (χ3v) is 4.97. The van der Waals surface area contributed by atoms with Gasteiger partial charge in [0, 0.05) is 48.9 Å². The molecule has 0 atom stereocenters. The number of pyridine rings is 2. The van der Waals surface area contributed by atoms with Crippen molar-refractivity contribution in [2.75, 3.05) is 31.2 Å². The van der Waals surface area contributed by atoms with Gasteiger partial charge in [0.05, 0.1) is 24.4 Å². The number of halogens is 2. The van der Waals surface area contributed by atoms with Crippen LogP contribution < -0.4 is 4.90 Å². The van der Waals surface area contributed by atoms with Crippen LogP contribution in [0.1, 0.15) is 11.4 Å². The lowest BCUT2D eigenvalue weighted by atomic mass is 10.1. The number of hydrogen-bond donors (Lipinski definition) is 0. The van der Waals surface area contributed by atoms with Gasteiger partial charge in [0.1, 0.15) is 28.7 Å². The summed E-state index contributed by atoms with van der Waals surface area (Å²) in [6, 6.07) is 11.2. The molecule has 0 radical (unpaired) electrons. The van der Waals surface area contributed by atoms with E-state index in [4.69, 9.17) is 4.74 Å². The van der Waals surface area contributed by atoms with E-state index in [-0.39, 0.29) is 5.56 Å². The van der Waals surface area contributed by atoms with Crippen molar-refractivity contribution < 1.29 is 13.5 Å². The van der Waals surface area contributed by atoms with Crippen LogP contribution in [-0.4, -0.2) is 46.2 Å². The van der Waals surface area contributed by atoms with Gasteiger partial charge in [-0.2, -0.15) is 0 Å². The Morgan fingerprint density at radius 1 is 0.906 bits per heavy atom. The first kappa shape index (κ1) is 21.7. The number of morpholine rings is 1. The van der Waals surface area contributed by atoms with Gasteiger partial charge in [0.2, 0.25) is 0 Å². The average molecular weight is 435 g/mol. The van der Waals surface area contributed by atoms with Gasteiger partial charge in [-0.15, -0.1) is 0 Å². The highest BCUT2D eigenvalue weighted by Crippen LogP contribution is 2.30. The van der Waals surface area contributed by atoms with Crippen LogP contribution in [0.5, 0.6) is 0 Å². The summed E-state index contributed by atoms with van der Waals surface area (Å²) >= 11 is 0. The largest absolute Gasteiger partial charge is 0.378 e. The van der Waals surface area contributed by atoms with Crippen LogP contribution in [0.3, 0.4) is 0 Å². The Balaban J connectivity index is 0.000000300. The lowest BCUT2D eigenvalue weighted by Crippen LogP contribution is -2.36. The maximum atomic E-state index is 14.4. The molecule has 0 saturated carbocycles. The monoisotopic (exact) mass is 435 g/mol. The molecule has 0 N–H and O–H groups in total. The third kappa shape index (κ3) is 5.03. The van der Waals surface area contributed by atoms with Crippen molar-refractivity contribution >= 4 is 16.9 Å². The number of anilines is 1. The highest BCUT2D eigenvalue weighted by Gasteiger charge is 2.19. The average Bonchev–Trinajstić information content (AvgIpc) is 2.80. The molecule has 8 heteroatoms. The molecule has 6 nitrogen and oxygen atoms in total. The molecule has 3 aromatic heterocycles. The summed E-state index contributed by atoms with van der Waals surface area (Å²) in [5.74, 6) is -0.610. The van der Waals surface area contributed by atoms with E-state index in [1.165, 1.54) is 12.1 Å². The van der Waals surface area contributed by atoms with Gasteiger partial charge < -0.3 is 9.64 Å². The zero-order chi connectivity index (χ0) is 22.5. The number of aryl methyl sites for hydroxylation is 2. The van der Waals surface area contributed by atoms with Crippen molar-refractivity contribution in [2.45, 2.75) is 13.8 Å². The van der Waals surface area contributed by atoms with E-state index in [0.717, 1.165) is 17.5 Å². The van der Waals surface area contributed by atoms with Crippen molar-refractivity contribution in [3.63, 3.8) is 0 Å². The molecule has 0 bridgehead atoms. The summed E-state index contributed by atoms with van der Waals surface area (Å²) in [5, 5.41) is 0. The molecule has 0 spiro atoms. The molecule has 1 aliphatic rings. The first-order valence-electron chi connectivity index (χ1n) is 10.3. The first-order chi connectivity index (χ1) is 15.5. The van der Waals surface area contributed by atoms with Crippen molar-refractivity contribution in [1.29, 1.82) is 0 Å². The normalized spacial score (nSPS) is 13.6. The maximum Gasteiger partial charge on any atom is 0.135 e. The molecule has 1 aliphatic heterocycles. The van der Waals surface area contributed by atoms with E-state index in [9.17, 15) is 8.78 Å². The number of rotatable bonds is 2. The SMILES string of the molecule is Cc1ccccn1.Cc1cnc2c(-c3ccc(F)cc3F)nc(N3CCOCC3)cc2n1. The van der Waals surface area contributed by atoms with Gasteiger partial charge in [-0.1, -0.05) is 6.07 Å². The fraction of sp³-hybridized carbons (Fsp3) is 0.250. The van der Waals surface area contributed by atoms with Gasteiger partial charge >= 0.3 is 0 Å². The van der Waals surface area contributed by atoms with E-state index >= 15 is 0 Å². The van der Waals surface area contributed by atoms with Crippen LogP contribution in [-0.2, 0) is 4.74 Å². The molecule has 0 amide bonds. The van der Waals surface area contributed by atoms with Crippen molar-refractivity contribution in [1.82, 2.24) is 19.9 Å². The molecule has 4 heterocycles.